The molecule has 2 aliphatic rings. The van der Waals surface area contributed by atoms with Crippen molar-refractivity contribution in [3.63, 3.8) is 0 Å². The highest BCUT2D eigenvalue weighted by atomic mass is 35.5. The minimum Gasteiger partial charge on any atom is -0.379 e. The summed E-state index contributed by atoms with van der Waals surface area (Å²) in [6.07, 6.45) is 0.635. The lowest BCUT2D eigenvalue weighted by atomic mass is 10.0. The number of carbonyl (C=O) groups is 1. The first-order valence-electron chi connectivity index (χ1n) is 12.7. The summed E-state index contributed by atoms with van der Waals surface area (Å²) in [5.41, 5.74) is 3.45. The fourth-order valence-electron chi connectivity index (χ4n) is 4.81. The van der Waals surface area contributed by atoms with Crippen LogP contribution in [-0.4, -0.2) is 83.3 Å². The summed E-state index contributed by atoms with van der Waals surface area (Å²) in [6, 6.07) is 11.6. The first-order valence-corrected chi connectivity index (χ1v) is 14.3. The van der Waals surface area contributed by atoms with Gasteiger partial charge < -0.3 is 10.1 Å². The molecule has 2 fully saturated rings. The number of H-pyrrole nitrogens is 1. The van der Waals surface area contributed by atoms with Crippen LogP contribution in [0.2, 0.25) is 5.02 Å². The fourth-order valence-corrected chi connectivity index (χ4v) is 5.92. The summed E-state index contributed by atoms with van der Waals surface area (Å²) < 4.78 is 5.49. The number of benzene rings is 2. The summed E-state index contributed by atoms with van der Waals surface area (Å²) in [5.74, 6) is 1.76. The SMILES string of the molecule is O=C(NCCc1ccc(Cl)cc1)c1n[nH]c2c(CN3CCSCC3)cc(CN3CCOCC3)cc2c1=O. The molecule has 37 heavy (non-hydrogen) atoms. The van der Waals surface area contributed by atoms with Crippen LogP contribution in [0.5, 0.6) is 0 Å². The number of hydrogen-bond donors (Lipinski definition) is 2. The summed E-state index contributed by atoms with van der Waals surface area (Å²) in [5, 5.41) is 11.3. The molecule has 0 bridgehead atoms. The van der Waals surface area contributed by atoms with E-state index in [9.17, 15) is 9.59 Å². The molecule has 0 spiro atoms. The lowest BCUT2D eigenvalue weighted by Crippen LogP contribution is -2.36. The zero-order valence-electron chi connectivity index (χ0n) is 20.8. The lowest BCUT2D eigenvalue weighted by Gasteiger charge is -2.28. The number of amides is 1. The summed E-state index contributed by atoms with van der Waals surface area (Å²) in [7, 11) is 0. The van der Waals surface area contributed by atoms with Gasteiger partial charge in [-0.1, -0.05) is 29.8 Å². The van der Waals surface area contributed by atoms with Crippen LogP contribution in [-0.2, 0) is 24.2 Å². The number of carbonyl (C=O) groups excluding carboxylic acids is 1. The van der Waals surface area contributed by atoms with E-state index in [4.69, 9.17) is 16.3 Å². The molecule has 0 radical (unpaired) electrons. The first-order chi connectivity index (χ1) is 18.1. The number of aromatic nitrogens is 2. The Balaban J connectivity index is 1.39. The summed E-state index contributed by atoms with van der Waals surface area (Å²) in [6.45, 7) is 7.10. The number of fused-ring (bicyclic) bond motifs is 1. The average molecular weight is 542 g/mol. The fraction of sp³-hybridized carbons (Fsp3) is 0.444. The van der Waals surface area contributed by atoms with Gasteiger partial charge in [-0.2, -0.15) is 16.9 Å². The molecule has 5 rings (SSSR count). The third-order valence-electron chi connectivity index (χ3n) is 6.85. The number of morpholine rings is 1. The van der Waals surface area contributed by atoms with E-state index in [0.717, 1.165) is 80.7 Å². The second kappa shape index (κ2) is 12.4. The topological polar surface area (TPSA) is 90.6 Å². The van der Waals surface area contributed by atoms with Crippen molar-refractivity contribution < 1.29 is 9.53 Å². The Morgan fingerprint density at radius 2 is 1.76 bits per heavy atom. The molecule has 8 nitrogen and oxygen atoms in total. The molecule has 2 saturated heterocycles. The highest BCUT2D eigenvalue weighted by molar-refractivity contribution is 7.99. The van der Waals surface area contributed by atoms with Gasteiger partial charge >= 0.3 is 0 Å². The van der Waals surface area contributed by atoms with E-state index in [0.29, 0.717) is 28.9 Å². The Morgan fingerprint density at radius 1 is 1.03 bits per heavy atom. The van der Waals surface area contributed by atoms with Gasteiger partial charge in [-0.3, -0.25) is 24.5 Å². The van der Waals surface area contributed by atoms with Crippen LogP contribution < -0.4 is 10.7 Å². The molecule has 2 aromatic carbocycles. The molecule has 196 valence electrons. The predicted octanol–water partition coefficient (Wildman–Crippen LogP) is 2.93. The van der Waals surface area contributed by atoms with Gasteiger partial charge in [-0.15, -0.1) is 0 Å². The van der Waals surface area contributed by atoms with Crippen LogP contribution in [0.3, 0.4) is 0 Å². The van der Waals surface area contributed by atoms with Gasteiger partial charge in [0.05, 0.1) is 24.1 Å². The van der Waals surface area contributed by atoms with Gasteiger partial charge in [-0.05, 0) is 41.3 Å². The third kappa shape index (κ3) is 6.72. The van der Waals surface area contributed by atoms with Gasteiger partial charge in [0.1, 0.15) is 0 Å². The highest BCUT2D eigenvalue weighted by Gasteiger charge is 2.20. The Hall–Kier alpha value is -2.43. The second-order valence-electron chi connectivity index (χ2n) is 9.49. The molecule has 2 N–H and O–H groups in total. The van der Waals surface area contributed by atoms with Crippen molar-refractivity contribution in [1.29, 1.82) is 0 Å². The van der Waals surface area contributed by atoms with E-state index in [1.807, 2.05) is 42.1 Å². The molecule has 10 heteroatoms. The number of thioether (sulfide) groups is 1. The van der Waals surface area contributed by atoms with Crippen molar-refractivity contribution in [2.45, 2.75) is 19.5 Å². The Labute approximate surface area is 225 Å². The van der Waals surface area contributed by atoms with Crippen LogP contribution >= 0.6 is 23.4 Å². The molecular formula is C27H32ClN5O3S. The maximum atomic E-state index is 13.5. The maximum absolute atomic E-state index is 13.5. The predicted molar refractivity (Wildman–Crippen MR) is 149 cm³/mol. The maximum Gasteiger partial charge on any atom is 0.275 e. The largest absolute Gasteiger partial charge is 0.379 e. The van der Waals surface area contributed by atoms with E-state index in [2.05, 4.69) is 31.4 Å². The van der Waals surface area contributed by atoms with Crippen molar-refractivity contribution in [3.8, 4) is 0 Å². The number of nitrogens with zero attached hydrogens (tertiary/aromatic N) is 3. The van der Waals surface area contributed by atoms with Gasteiger partial charge in [0.25, 0.3) is 5.91 Å². The van der Waals surface area contributed by atoms with Crippen molar-refractivity contribution in [2.24, 2.45) is 0 Å². The van der Waals surface area contributed by atoms with E-state index in [1.165, 1.54) is 0 Å². The summed E-state index contributed by atoms with van der Waals surface area (Å²) >= 11 is 7.92. The lowest BCUT2D eigenvalue weighted by molar-refractivity contribution is 0.0342. The third-order valence-corrected chi connectivity index (χ3v) is 8.05. The quantitative estimate of drug-likeness (QED) is 0.453. The smallest absolute Gasteiger partial charge is 0.275 e. The van der Waals surface area contributed by atoms with Crippen LogP contribution in [0.1, 0.15) is 27.2 Å². The highest BCUT2D eigenvalue weighted by Crippen LogP contribution is 2.22. The van der Waals surface area contributed by atoms with Crippen molar-refractivity contribution in [1.82, 2.24) is 25.3 Å². The molecule has 3 heterocycles. The molecule has 1 aromatic heterocycles. The first kappa shape index (κ1) is 26.2. The molecule has 0 unspecified atom stereocenters. The Kier molecular flexibility index (Phi) is 8.78. The molecular weight excluding hydrogens is 510 g/mol. The molecule has 0 atom stereocenters. The normalized spacial score (nSPS) is 17.2. The number of halogens is 1. The van der Waals surface area contributed by atoms with E-state index in [-0.39, 0.29) is 11.1 Å². The van der Waals surface area contributed by atoms with Gasteiger partial charge in [0.2, 0.25) is 5.43 Å². The molecule has 1 amide bonds. The number of rotatable bonds is 8. The standard InChI is InChI=1S/C27H32ClN5O3S/c28-22-3-1-19(2-4-22)5-6-29-27(35)25-26(34)23-16-20(17-32-7-11-36-12-8-32)15-21(24(23)30-31-25)18-33-9-13-37-14-10-33/h1-4,15-16H,5-14,17-18H2,(H,29,35)(H,30,34). The average Bonchev–Trinajstić information content (AvgIpc) is 2.91. The van der Waals surface area contributed by atoms with Crippen LogP contribution in [0.4, 0.5) is 0 Å². The molecule has 0 saturated carbocycles. The molecule has 3 aromatic rings. The number of nitrogens with one attached hydrogen (secondary N) is 2. The van der Waals surface area contributed by atoms with Crippen LogP contribution in [0, 0.1) is 0 Å². The molecule has 0 aliphatic carbocycles. The van der Waals surface area contributed by atoms with Gasteiger partial charge in [-0.25, -0.2) is 0 Å². The number of aromatic amines is 1. The minimum atomic E-state index is -0.467. The summed E-state index contributed by atoms with van der Waals surface area (Å²) in [4.78, 5) is 31.2. The monoisotopic (exact) mass is 541 g/mol. The number of hydrogen-bond acceptors (Lipinski definition) is 7. The Morgan fingerprint density at radius 3 is 2.51 bits per heavy atom. The zero-order chi connectivity index (χ0) is 25.6. The van der Waals surface area contributed by atoms with Gasteiger partial charge in [0.15, 0.2) is 5.69 Å². The van der Waals surface area contributed by atoms with Crippen molar-refractivity contribution in [3.05, 3.63) is 74.0 Å². The second-order valence-corrected chi connectivity index (χ2v) is 11.1. The van der Waals surface area contributed by atoms with E-state index >= 15 is 0 Å². The van der Waals surface area contributed by atoms with Crippen LogP contribution in [0.15, 0.2) is 41.2 Å². The van der Waals surface area contributed by atoms with Gasteiger partial charge in [0, 0.05) is 62.3 Å². The minimum absolute atomic E-state index is 0.104. The van der Waals surface area contributed by atoms with Crippen molar-refractivity contribution in [2.75, 3.05) is 57.4 Å². The number of ether oxygens (including phenoxy) is 1. The van der Waals surface area contributed by atoms with Crippen molar-refractivity contribution >= 4 is 40.2 Å². The Bertz CT molecular complexity index is 1290. The molecule has 2 aliphatic heterocycles. The van der Waals surface area contributed by atoms with E-state index in [1.54, 1.807) is 0 Å². The van der Waals surface area contributed by atoms with E-state index < -0.39 is 5.91 Å². The van der Waals surface area contributed by atoms with Crippen LogP contribution in [0.25, 0.3) is 10.9 Å². The zero-order valence-corrected chi connectivity index (χ0v) is 22.4.